The van der Waals surface area contributed by atoms with Gasteiger partial charge in [0.25, 0.3) is 0 Å². The highest BCUT2D eigenvalue weighted by Gasteiger charge is 2.22. The van der Waals surface area contributed by atoms with E-state index in [1.165, 1.54) is 6.42 Å². The van der Waals surface area contributed by atoms with Crippen LogP contribution in [0.2, 0.25) is 0 Å². The van der Waals surface area contributed by atoms with Crippen LogP contribution in [-0.4, -0.2) is 28.5 Å². The first kappa shape index (κ1) is 11.6. The highest BCUT2D eigenvalue weighted by atomic mass is 19.1. The van der Waals surface area contributed by atoms with Gasteiger partial charge in [-0.3, -0.25) is 4.68 Å². The average molecular weight is 225 g/mol. The Bertz CT molecular complexity index is 318. The Balaban J connectivity index is 1.78. The van der Waals surface area contributed by atoms with Crippen molar-refractivity contribution in [3.8, 4) is 0 Å². The number of aryl methyl sites for hydroxylation is 2. The molecule has 1 aliphatic rings. The van der Waals surface area contributed by atoms with Gasteiger partial charge in [-0.05, 0) is 38.3 Å². The fourth-order valence-corrected chi connectivity index (χ4v) is 2.32. The molecule has 0 aromatic carbocycles. The van der Waals surface area contributed by atoms with Crippen LogP contribution in [0.3, 0.4) is 0 Å². The summed E-state index contributed by atoms with van der Waals surface area (Å²) in [6.07, 6.45) is 5.73. The van der Waals surface area contributed by atoms with Crippen LogP contribution in [0.4, 0.5) is 4.39 Å². The number of nitrogens with one attached hydrogen (secondary N) is 1. The van der Waals surface area contributed by atoms with Gasteiger partial charge in [0, 0.05) is 25.0 Å². The van der Waals surface area contributed by atoms with Crippen molar-refractivity contribution in [2.75, 3.05) is 6.54 Å². The minimum atomic E-state index is -0.727. The standard InChI is InChI=1S/C12H20FN3/c1-16-10(7-9-15-16)5-6-11(13)12-4-2-3-8-14-12/h7,9,11-12,14H,2-6,8H2,1H3. The average Bonchev–Trinajstić information content (AvgIpc) is 2.73. The number of hydrogen-bond acceptors (Lipinski definition) is 2. The molecule has 2 atom stereocenters. The summed E-state index contributed by atoms with van der Waals surface area (Å²) in [5.74, 6) is 0. The molecule has 0 bridgehead atoms. The third-order valence-electron chi connectivity index (χ3n) is 3.38. The van der Waals surface area contributed by atoms with E-state index in [0.29, 0.717) is 6.42 Å². The van der Waals surface area contributed by atoms with Crippen molar-refractivity contribution < 1.29 is 4.39 Å². The maximum Gasteiger partial charge on any atom is 0.116 e. The second-order valence-electron chi connectivity index (χ2n) is 4.56. The lowest BCUT2D eigenvalue weighted by Gasteiger charge is -2.26. The van der Waals surface area contributed by atoms with Gasteiger partial charge in [0.05, 0.1) is 0 Å². The summed E-state index contributed by atoms with van der Waals surface area (Å²) >= 11 is 0. The molecule has 0 amide bonds. The molecule has 3 nitrogen and oxygen atoms in total. The van der Waals surface area contributed by atoms with Gasteiger partial charge < -0.3 is 5.32 Å². The van der Waals surface area contributed by atoms with Gasteiger partial charge >= 0.3 is 0 Å². The summed E-state index contributed by atoms with van der Waals surface area (Å²) in [6.45, 7) is 0.969. The number of rotatable bonds is 4. The van der Waals surface area contributed by atoms with E-state index in [1.807, 2.05) is 17.8 Å². The third kappa shape index (κ3) is 2.82. The first-order valence-corrected chi connectivity index (χ1v) is 6.11. The Morgan fingerprint density at radius 3 is 3.12 bits per heavy atom. The molecule has 1 aliphatic heterocycles. The van der Waals surface area contributed by atoms with Gasteiger partial charge in [-0.1, -0.05) is 6.42 Å². The Morgan fingerprint density at radius 1 is 1.62 bits per heavy atom. The second kappa shape index (κ2) is 5.43. The van der Waals surface area contributed by atoms with Crippen molar-refractivity contribution in [2.45, 2.75) is 44.3 Å². The molecule has 90 valence electrons. The van der Waals surface area contributed by atoms with Gasteiger partial charge in [-0.15, -0.1) is 0 Å². The van der Waals surface area contributed by atoms with Crippen LogP contribution in [0.1, 0.15) is 31.4 Å². The molecule has 4 heteroatoms. The Morgan fingerprint density at radius 2 is 2.50 bits per heavy atom. The predicted octanol–water partition coefficient (Wildman–Crippen LogP) is 1.83. The summed E-state index contributed by atoms with van der Waals surface area (Å²) in [5, 5.41) is 7.35. The van der Waals surface area contributed by atoms with Crippen molar-refractivity contribution >= 4 is 0 Å². The number of hydrogen-bond donors (Lipinski definition) is 1. The SMILES string of the molecule is Cn1nccc1CCC(F)C1CCCCN1. The molecule has 0 radical (unpaired) electrons. The van der Waals surface area contributed by atoms with Crippen LogP contribution in [0, 0.1) is 0 Å². The van der Waals surface area contributed by atoms with Crippen molar-refractivity contribution in [3.63, 3.8) is 0 Å². The molecule has 1 N–H and O–H groups in total. The third-order valence-corrected chi connectivity index (χ3v) is 3.38. The van der Waals surface area contributed by atoms with E-state index in [9.17, 15) is 4.39 Å². The van der Waals surface area contributed by atoms with Crippen LogP contribution in [-0.2, 0) is 13.5 Å². The largest absolute Gasteiger partial charge is 0.311 e. The molecule has 0 spiro atoms. The first-order valence-electron chi connectivity index (χ1n) is 6.11. The zero-order valence-electron chi connectivity index (χ0n) is 9.82. The Kier molecular flexibility index (Phi) is 3.93. The molecule has 1 aromatic rings. The fraction of sp³-hybridized carbons (Fsp3) is 0.750. The van der Waals surface area contributed by atoms with Crippen LogP contribution in [0.15, 0.2) is 12.3 Å². The molecular formula is C12H20FN3. The minimum absolute atomic E-state index is 0.0713. The maximum atomic E-state index is 13.9. The predicted molar refractivity (Wildman–Crippen MR) is 62.1 cm³/mol. The molecule has 16 heavy (non-hydrogen) atoms. The molecule has 1 fully saturated rings. The molecule has 0 aliphatic carbocycles. The van der Waals surface area contributed by atoms with Gasteiger partial charge in [-0.2, -0.15) is 5.10 Å². The van der Waals surface area contributed by atoms with E-state index >= 15 is 0 Å². The van der Waals surface area contributed by atoms with Gasteiger partial charge in [-0.25, -0.2) is 4.39 Å². The first-order chi connectivity index (χ1) is 7.77. The smallest absolute Gasteiger partial charge is 0.116 e. The van der Waals surface area contributed by atoms with Crippen molar-refractivity contribution in [2.24, 2.45) is 7.05 Å². The van der Waals surface area contributed by atoms with Gasteiger partial charge in [0.15, 0.2) is 0 Å². The Labute approximate surface area is 96.0 Å². The quantitative estimate of drug-likeness (QED) is 0.847. The van der Waals surface area contributed by atoms with Crippen LogP contribution >= 0.6 is 0 Å². The Hall–Kier alpha value is -0.900. The minimum Gasteiger partial charge on any atom is -0.311 e. The lowest BCUT2D eigenvalue weighted by molar-refractivity contribution is 0.206. The molecular weight excluding hydrogens is 205 g/mol. The zero-order valence-corrected chi connectivity index (χ0v) is 9.82. The maximum absolute atomic E-state index is 13.9. The van der Waals surface area contributed by atoms with E-state index in [-0.39, 0.29) is 6.04 Å². The van der Waals surface area contributed by atoms with Crippen LogP contribution in [0.25, 0.3) is 0 Å². The van der Waals surface area contributed by atoms with E-state index in [2.05, 4.69) is 10.4 Å². The van der Waals surface area contributed by atoms with Gasteiger partial charge in [0.2, 0.25) is 0 Å². The summed E-state index contributed by atoms with van der Waals surface area (Å²) < 4.78 is 15.7. The van der Waals surface area contributed by atoms with E-state index in [4.69, 9.17) is 0 Å². The van der Waals surface area contributed by atoms with Crippen LogP contribution in [0.5, 0.6) is 0 Å². The zero-order chi connectivity index (χ0) is 11.4. The van der Waals surface area contributed by atoms with Crippen LogP contribution < -0.4 is 5.32 Å². The van der Waals surface area contributed by atoms with Gasteiger partial charge in [0.1, 0.15) is 6.17 Å². The second-order valence-corrected chi connectivity index (χ2v) is 4.56. The molecule has 0 saturated carbocycles. The number of nitrogens with zero attached hydrogens (tertiary/aromatic N) is 2. The van der Waals surface area contributed by atoms with E-state index < -0.39 is 6.17 Å². The van der Waals surface area contributed by atoms with E-state index in [0.717, 1.165) is 31.5 Å². The highest BCUT2D eigenvalue weighted by Crippen LogP contribution is 2.17. The molecule has 2 unspecified atom stereocenters. The van der Waals surface area contributed by atoms with Crippen molar-refractivity contribution in [1.82, 2.24) is 15.1 Å². The lowest BCUT2D eigenvalue weighted by atomic mass is 9.97. The number of halogens is 1. The normalized spacial score (nSPS) is 23.2. The molecule has 1 saturated heterocycles. The summed E-state index contributed by atoms with van der Waals surface area (Å²) in [5.41, 5.74) is 1.11. The highest BCUT2D eigenvalue weighted by molar-refractivity contribution is 5.00. The number of piperidine rings is 1. The fourth-order valence-electron chi connectivity index (χ4n) is 2.32. The number of alkyl halides is 1. The summed E-state index contributed by atoms with van der Waals surface area (Å²) in [4.78, 5) is 0. The van der Waals surface area contributed by atoms with Crippen molar-refractivity contribution in [3.05, 3.63) is 18.0 Å². The topological polar surface area (TPSA) is 29.9 Å². The monoisotopic (exact) mass is 225 g/mol. The van der Waals surface area contributed by atoms with Crippen molar-refractivity contribution in [1.29, 1.82) is 0 Å². The summed E-state index contributed by atoms with van der Waals surface area (Å²) in [7, 11) is 1.90. The summed E-state index contributed by atoms with van der Waals surface area (Å²) in [6, 6.07) is 2.03. The molecule has 2 heterocycles. The number of aromatic nitrogens is 2. The van der Waals surface area contributed by atoms with E-state index in [1.54, 1.807) is 6.20 Å². The molecule has 1 aromatic heterocycles. The lowest BCUT2D eigenvalue weighted by Crippen LogP contribution is -2.41. The molecule has 2 rings (SSSR count).